The molecule has 1 rings (SSSR count). The van der Waals surface area contributed by atoms with E-state index in [-0.39, 0.29) is 11.5 Å². The lowest BCUT2D eigenvalue weighted by Gasteiger charge is -2.30. The van der Waals surface area contributed by atoms with Crippen molar-refractivity contribution in [1.82, 2.24) is 4.72 Å². The van der Waals surface area contributed by atoms with Crippen LogP contribution >= 0.6 is 22.9 Å². The van der Waals surface area contributed by atoms with E-state index in [9.17, 15) is 8.42 Å². The second kappa shape index (κ2) is 5.69. The van der Waals surface area contributed by atoms with Crippen molar-refractivity contribution >= 4 is 33.0 Å². The van der Waals surface area contributed by atoms with Crippen molar-refractivity contribution in [3.8, 4) is 0 Å². The molecule has 1 unspecified atom stereocenters. The Kier molecular flexibility index (Phi) is 5.01. The van der Waals surface area contributed by atoms with E-state index >= 15 is 0 Å². The maximum atomic E-state index is 12.1. The van der Waals surface area contributed by atoms with Crippen LogP contribution in [0.4, 0.5) is 0 Å². The molecule has 0 spiro atoms. The zero-order chi connectivity index (χ0) is 13.1. The standard InChI is InChI=1S/C11H18ClNO2S2/c1-11(2,3)9(6-7-12)13-17(14,15)10-5-4-8-16-10/h4-5,8-9,13H,6-7H2,1-3H3. The fourth-order valence-corrected chi connectivity index (χ4v) is 4.14. The molecule has 0 fully saturated rings. The molecule has 0 saturated heterocycles. The molecule has 6 heteroatoms. The van der Waals surface area contributed by atoms with E-state index in [0.29, 0.717) is 16.5 Å². The van der Waals surface area contributed by atoms with Crippen molar-refractivity contribution in [3.63, 3.8) is 0 Å². The Morgan fingerprint density at radius 2 is 2.12 bits per heavy atom. The third kappa shape index (κ3) is 4.25. The smallest absolute Gasteiger partial charge is 0.207 e. The first kappa shape index (κ1) is 15.0. The monoisotopic (exact) mass is 295 g/mol. The van der Waals surface area contributed by atoms with E-state index in [0.717, 1.165) is 0 Å². The molecule has 1 N–H and O–H groups in total. The van der Waals surface area contributed by atoms with Crippen LogP contribution in [0, 0.1) is 5.41 Å². The fourth-order valence-electron chi connectivity index (χ4n) is 1.44. The zero-order valence-corrected chi connectivity index (χ0v) is 12.6. The first-order valence-electron chi connectivity index (χ1n) is 5.39. The first-order chi connectivity index (χ1) is 7.77. The van der Waals surface area contributed by atoms with Crippen LogP contribution in [0.3, 0.4) is 0 Å². The predicted octanol–water partition coefficient (Wildman–Crippen LogP) is 3.07. The van der Waals surface area contributed by atoms with Gasteiger partial charge in [0.1, 0.15) is 4.21 Å². The van der Waals surface area contributed by atoms with Crippen LogP contribution in [0.15, 0.2) is 21.7 Å². The van der Waals surface area contributed by atoms with Gasteiger partial charge in [0.05, 0.1) is 0 Å². The van der Waals surface area contributed by atoms with Gasteiger partial charge >= 0.3 is 0 Å². The molecule has 0 aliphatic rings. The molecule has 98 valence electrons. The largest absolute Gasteiger partial charge is 0.250 e. The molecule has 0 saturated carbocycles. The van der Waals surface area contributed by atoms with E-state index in [2.05, 4.69) is 4.72 Å². The summed E-state index contributed by atoms with van der Waals surface area (Å²) in [7, 11) is -3.41. The maximum Gasteiger partial charge on any atom is 0.250 e. The normalized spacial score (nSPS) is 14.8. The maximum absolute atomic E-state index is 12.1. The van der Waals surface area contributed by atoms with Crippen molar-refractivity contribution < 1.29 is 8.42 Å². The number of rotatable bonds is 5. The predicted molar refractivity (Wildman–Crippen MR) is 73.2 cm³/mol. The van der Waals surface area contributed by atoms with E-state index in [1.165, 1.54) is 11.3 Å². The minimum absolute atomic E-state index is 0.154. The second-order valence-electron chi connectivity index (χ2n) is 4.95. The average Bonchev–Trinajstić information content (AvgIpc) is 2.68. The number of sulfonamides is 1. The second-order valence-corrected chi connectivity index (χ2v) is 8.22. The van der Waals surface area contributed by atoms with Crippen molar-refractivity contribution in [1.29, 1.82) is 0 Å². The highest BCUT2D eigenvalue weighted by Crippen LogP contribution is 2.25. The van der Waals surface area contributed by atoms with Crippen LogP contribution in [-0.4, -0.2) is 20.3 Å². The first-order valence-corrected chi connectivity index (χ1v) is 8.29. The van der Waals surface area contributed by atoms with Crippen LogP contribution in [-0.2, 0) is 10.0 Å². The molecule has 0 aromatic carbocycles. The minimum atomic E-state index is -3.41. The topological polar surface area (TPSA) is 46.2 Å². The SMILES string of the molecule is CC(C)(C)C(CCCl)NS(=O)(=O)c1cccs1. The van der Waals surface area contributed by atoms with Gasteiger partial charge in [0, 0.05) is 11.9 Å². The summed E-state index contributed by atoms with van der Waals surface area (Å²) in [5.74, 6) is 0.439. The molecule has 0 aliphatic carbocycles. The van der Waals surface area contributed by atoms with Crippen molar-refractivity contribution in [2.75, 3.05) is 5.88 Å². The third-order valence-electron chi connectivity index (χ3n) is 2.50. The highest BCUT2D eigenvalue weighted by atomic mass is 35.5. The Morgan fingerprint density at radius 1 is 1.47 bits per heavy atom. The Bertz CT molecular complexity index is 435. The van der Waals surface area contributed by atoms with Crippen LogP contribution in [0.5, 0.6) is 0 Å². The van der Waals surface area contributed by atoms with Gasteiger partial charge < -0.3 is 0 Å². The summed E-state index contributed by atoms with van der Waals surface area (Å²) in [6.07, 6.45) is 0.621. The number of nitrogens with one attached hydrogen (secondary N) is 1. The van der Waals surface area contributed by atoms with Crippen LogP contribution in [0.2, 0.25) is 0 Å². The van der Waals surface area contributed by atoms with Gasteiger partial charge in [0.2, 0.25) is 10.0 Å². The van der Waals surface area contributed by atoms with Crippen molar-refractivity contribution in [2.45, 2.75) is 37.4 Å². The molecular formula is C11H18ClNO2S2. The van der Waals surface area contributed by atoms with Gasteiger partial charge in [-0.05, 0) is 23.3 Å². The number of hydrogen-bond donors (Lipinski definition) is 1. The molecule has 0 aliphatic heterocycles. The highest BCUT2D eigenvalue weighted by molar-refractivity contribution is 7.91. The highest BCUT2D eigenvalue weighted by Gasteiger charge is 2.29. The van der Waals surface area contributed by atoms with E-state index in [1.54, 1.807) is 17.5 Å². The number of halogens is 1. The average molecular weight is 296 g/mol. The molecule has 1 heterocycles. The van der Waals surface area contributed by atoms with Crippen molar-refractivity contribution in [2.24, 2.45) is 5.41 Å². The van der Waals surface area contributed by atoms with Crippen LogP contribution in [0.1, 0.15) is 27.2 Å². The summed E-state index contributed by atoms with van der Waals surface area (Å²) in [6.45, 7) is 6.00. The molecular weight excluding hydrogens is 278 g/mol. The molecule has 0 radical (unpaired) electrons. The van der Waals surface area contributed by atoms with E-state index < -0.39 is 10.0 Å². The lowest BCUT2D eigenvalue weighted by Crippen LogP contribution is -2.43. The molecule has 1 aromatic rings. The lowest BCUT2D eigenvalue weighted by atomic mass is 9.86. The van der Waals surface area contributed by atoms with Gasteiger partial charge in [-0.1, -0.05) is 26.8 Å². The summed E-state index contributed by atoms with van der Waals surface area (Å²) < 4.78 is 27.2. The lowest BCUT2D eigenvalue weighted by molar-refractivity contribution is 0.293. The van der Waals surface area contributed by atoms with E-state index in [4.69, 9.17) is 11.6 Å². The summed E-state index contributed by atoms with van der Waals surface area (Å²) >= 11 is 6.94. The van der Waals surface area contributed by atoms with Gasteiger partial charge in [-0.25, -0.2) is 13.1 Å². The summed E-state index contributed by atoms with van der Waals surface area (Å²) in [5.41, 5.74) is -0.154. The van der Waals surface area contributed by atoms with Crippen molar-refractivity contribution in [3.05, 3.63) is 17.5 Å². The molecule has 1 atom stereocenters. The summed E-state index contributed by atoms with van der Waals surface area (Å²) in [5, 5.41) is 1.75. The number of thiophene rings is 1. The molecule has 0 amide bonds. The Labute approximate surface area is 112 Å². The van der Waals surface area contributed by atoms with Gasteiger partial charge in [-0.15, -0.1) is 22.9 Å². The summed E-state index contributed by atoms with van der Waals surface area (Å²) in [6, 6.07) is 3.17. The van der Waals surface area contributed by atoms with Gasteiger partial charge in [-0.3, -0.25) is 0 Å². The Balaban J connectivity index is 2.88. The molecule has 0 bridgehead atoms. The van der Waals surface area contributed by atoms with Crippen LogP contribution < -0.4 is 4.72 Å². The quantitative estimate of drug-likeness (QED) is 0.849. The number of hydrogen-bond acceptors (Lipinski definition) is 3. The molecule has 3 nitrogen and oxygen atoms in total. The van der Waals surface area contributed by atoms with Gasteiger partial charge in [0.25, 0.3) is 0 Å². The zero-order valence-electron chi connectivity index (χ0n) is 10.2. The molecule has 17 heavy (non-hydrogen) atoms. The Morgan fingerprint density at radius 3 is 2.53 bits per heavy atom. The van der Waals surface area contributed by atoms with Gasteiger partial charge in [0.15, 0.2) is 0 Å². The number of alkyl halides is 1. The molecule has 1 aromatic heterocycles. The Hall–Kier alpha value is -0.100. The third-order valence-corrected chi connectivity index (χ3v) is 5.59. The van der Waals surface area contributed by atoms with E-state index in [1.807, 2.05) is 20.8 Å². The minimum Gasteiger partial charge on any atom is -0.207 e. The summed E-state index contributed by atoms with van der Waals surface area (Å²) in [4.78, 5) is 0. The van der Waals surface area contributed by atoms with Crippen LogP contribution in [0.25, 0.3) is 0 Å². The fraction of sp³-hybridized carbons (Fsp3) is 0.636. The van der Waals surface area contributed by atoms with Gasteiger partial charge in [-0.2, -0.15) is 0 Å².